The molecule has 0 aromatic heterocycles. The van der Waals surface area contributed by atoms with Crippen molar-refractivity contribution in [2.24, 2.45) is 0 Å². The highest BCUT2D eigenvalue weighted by molar-refractivity contribution is 9.10. The molecular weight excluding hydrogens is 342 g/mol. The molecule has 7 heteroatoms. The molecule has 0 atom stereocenters. The van der Waals surface area contributed by atoms with E-state index in [9.17, 15) is 14.9 Å². The first-order chi connectivity index (χ1) is 10.0. The quantitative estimate of drug-likeness (QED) is 0.656. The van der Waals surface area contributed by atoms with Crippen LogP contribution in [0.3, 0.4) is 0 Å². The number of hydrogen-bond donors (Lipinski definition) is 1. The van der Waals surface area contributed by atoms with Crippen LogP contribution in [-0.4, -0.2) is 16.0 Å². The maximum absolute atomic E-state index is 11.2. The predicted molar refractivity (Wildman–Crippen MR) is 78.5 cm³/mol. The van der Waals surface area contributed by atoms with Crippen molar-refractivity contribution < 1.29 is 19.6 Å². The van der Waals surface area contributed by atoms with Crippen molar-refractivity contribution in [1.29, 1.82) is 0 Å². The topological polar surface area (TPSA) is 89.7 Å². The summed E-state index contributed by atoms with van der Waals surface area (Å²) in [4.78, 5) is 21.4. The third-order valence-corrected chi connectivity index (χ3v) is 3.53. The number of rotatable bonds is 5. The molecule has 2 aromatic rings. The lowest BCUT2D eigenvalue weighted by atomic mass is 10.1. The van der Waals surface area contributed by atoms with Gasteiger partial charge in [0.15, 0.2) is 5.56 Å². The zero-order valence-electron chi connectivity index (χ0n) is 10.7. The van der Waals surface area contributed by atoms with E-state index in [2.05, 4.69) is 15.9 Å². The van der Waals surface area contributed by atoms with Crippen molar-refractivity contribution in [3.05, 3.63) is 68.2 Å². The smallest absolute Gasteiger partial charge is 0.346 e. The van der Waals surface area contributed by atoms with Crippen LogP contribution in [0.5, 0.6) is 5.75 Å². The second kappa shape index (κ2) is 6.36. The Kier molecular flexibility index (Phi) is 4.54. The molecule has 6 nitrogen and oxygen atoms in total. The number of ether oxygens (including phenoxy) is 1. The van der Waals surface area contributed by atoms with Crippen molar-refractivity contribution in [2.75, 3.05) is 0 Å². The lowest BCUT2D eigenvalue weighted by molar-refractivity contribution is -0.385. The van der Waals surface area contributed by atoms with Gasteiger partial charge in [-0.15, -0.1) is 0 Å². The minimum atomic E-state index is -1.40. The van der Waals surface area contributed by atoms with Gasteiger partial charge in [-0.25, -0.2) is 4.79 Å². The zero-order chi connectivity index (χ0) is 15.4. The van der Waals surface area contributed by atoms with Gasteiger partial charge in [-0.1, -0.05) is 40.2 Å². The minimum absolute atomic E-state index is 0.0348. The van der Waals surface area contributed by atoms with Gasteiger partial charge in [0.1, 0.15) is 12.4 Å². The molecule has 0 aliphatic heterocycles. The molecule has 0 spiro atoms. The number of hydrogen-bond acceptors (Lipinski definition) is 4. The minimum Gasteiger partial charge on any atom is -0.488 e. The average Bonchev–Trinajstić information content (AvgIpc) is 2.45. The van der Waals surface area contributed by atoms with Gasteiger partial charge in [0.05, 0.1) is 4.92 Å². The molecule has 0 aliphatic carbocycles. The molecule has 108 valence electrons. The monoisotopic (exact) mass is 351 g/mol. The largest absolute Gasteiger partial charge is 0.488 e. The van der Waals surface area contributed by atoms with Crippen LogP contribution >= 0.6 is 15.9 Å². The number of nitro groups is 1. The Morgan fingerprint density at radius 1 is 1.24 bits per heavy atom. The highest BCUT2D eigenvalue weighted by Crippen LogP contribution is 2.29. The van der Waals surface area contributed by atoms with E-state index in [1.807, 2.05) is 24.3 Å². The Balaban J connectivity index is 2.32. The highest BCUT2D eigenvalue weighted by atomic mass is 79.9. The first kappa shape index (κ1) is 15.0. The van der Waals surface area contributed by atoms with Gasteiger partial charge in [-0.2, -0.15) is 0 Å². The first-order valence-electron chi connectivity index (χ1n) is 5.87. The number of nitro benzene ring substituents is 1. The van der Waals surface area contributed by atoms with Gasteiger partial charge in [-0.05, 0) is 12.1 Å². The normalized spacial score (nSPS) is 10.1. The van der Waals surface area contributed by atoms with Crippen molar-refractivity contribution in [3.63, 3.8) is 0 Å². The SMILES string of the molecule is O=C(O)c1c(OCc2ccccc2Br)cccc1[N+](=O)[O-]. The molecule has 0 saturated carbocycles. The van der Waals surface area contributed by atoms with E-state index < -0.39 is 22.1 Å². The average molecular weight is 352 g/mol. The fourth-order valence-corrected chi connectivity index (χ4v) is 2.18. The van der Waals surface area contributed by atoms with E-state index in [4.69, 9.17) is 9.84 Å². The molecule has 0 bridgehead atoms. The maximum atomic E-state index is 11.2. The number of aromatic carboxylic acids is 1. The van der Waals surface area contributed by atoms with Crippen LogP contribution in [0.4, 0.5) is 5.69 Å². The number of benzene rings is 2. The summed E-state index contributed by atoms with van der Waals surface area (Å²) in [6.45, 7) is 0.100. The van der Waals surface area contributed by atoms with E-state index in [1.165, 1.54) is 12.1 Å². The number of nitrogens with zero attached hydrogens (tertiary/aromatic N) is 1. The zero-order valence-corrected chi connectivity index (χ0v) is 12.2. The van der Waals surface area contributed by atoms with Gasteiger partial charge in [0, 0.05) is 16.1 Å². The summed E-state index contributed by atoms with van der Waals surface area (Å²) < 4.78 is 6.25. The molecule has 0 unspecified atom stereocenters. The van der Waals surface area contributed by atoms with Gasteiger partial charge in [0.25, 0.3) is 5.69 Å². The third kappa shape index (κ3) is 3.38. The third-order valence-electron chi connectivity index (χ3n) is 2.76. The summed E-state index contributed by atoms with van der Waals surface area (Å²) >= 11 is 3.35. The van der Waals surface area contributed by atoms with Gasteiger partial charge in [-0.3, -0.25) is 10.1 Å². The second-order valence-electron chi connectivity index (χ2n) is 4.09. The van der Waals surface area contributed by atoms with Crippen molar-refractivity contribution in [3.8, 4) is 5.75 Å². The van der Waals surface area contributed by atoms with Gasteiger partial charge < -0.3 is 9.84 Å². The molecular formula is C14H10BrNO5. The number of carboxylic acids is 1. The van der Waals surface area contributed by atoms with Crippen LogP contribution in [0.2, 0.25) is 0 Å². The van der Waals surface area contributed by atoms with Crippen molar-refractivity contribution >= 4 is 27.6 Å². The van der Waals surface area contributed by atoms with Crippen LogP contribution in [0, 0.1) is 10.1 Å². The van der Waals surface area contributed by atoms with Crippen LogP contribution in [-0.2, 0) is 6.61 Å². The summed E-state index contributed by atoms with van der Waals surface area (Å²) in [5, 5.41) is 20.0. The van der Waals surface area contributed by atoms with Crippen LogP contribution in [0.25, 0.3) is 0 Å². The second-order valence-corrected chi connectivity index (χ2v) is 4.95. The van der Waals surface area contributed by atoms with Gasteiger partial charge in [0.2, 0.25) is 0 Å². The Hall–Kier alpha value is -2.41. The summed E-state index contributed by atoms with van der Waals surface area (Å²) in [5.41, 5.74) is -0.137. The molecule has 2 rings (SSSR count). The lowest BCUT2D eigenvalue weighted by Gasteiger charge is -2.10. The standard InChI is InChI=1S/C14H10BrNO5/c15-10-5-2-1-4-9(10)8-21-12-7-3-6-11(16(19)20)13(12)14(17)18/h1-7H,8H2,(H,17,18). The van der Waals surface area contributed by atoms with E-state index in [0.29, 0.717) is 0 Å². The molecule has 1 N–H and O–H groups in total. The molecule has 0 aliphatic rings. The Labute approximate surface area is 128 Å². The Bertz CT molecular complexity index is 702. The Morgan fingerprint density at radius 3 is 2.57 bits per heavy atom. The van der Waals surface area contributed by atoms with E-state index >= 15 is 0 Å². The summed E-state index contributed by atoms with van der Waals surface area (Å²) in [6, 6.07) is 11.2. The fraction of sp³-hybridized carbons (Fsp3) is 0.0714. The molecule has 2 aromatic carbocycles. The Morgan fingerprint density at radius 2 is 1.95 bits per heavy atom. The summed E-state index contributed by atoms with van der Waals surface area (Å²) in [7, 11) is 0. The first-order valence-corrected chi connectivity index (χ1v) is 6.67. The van der Waals surface area contributed by atoms with E-state index in [1.54, 1.807) is 0 Å². The van der Waals surface area contributed by atoms with E-state index in [0.717, 1.165) is 16.1 Å². The molecule has 0 amide bonds. The molecule has 0 radical (unpaired) electrons. The van der Waals surface area contributed by atoms with Crippen LogP contribution in [0.15, 0.2) is 46.9 Å². The number of halogens is 1. The van der Waals surface area contributed by atoms with E-state index in [-0.39, 0.29) is 12.4 Å². The lowest BCUT2D eigenvalue weighted by Crippen LogP contribution is -2.07. The highest BCUT2D eigenvalue weighted by Gasteiger charge is 2.24. The molecule has 21 heavy (non-hydrogen) atoms. The summed E-state index contributed by atoms with van der Waals surface area (Å²) in [6.07, 6.45) is 0. The fourth-order valence-electron chi connectivity index (χ4n) is 1.78. The van der Waals surface area contributed by atoms with Crippen molar-refractivity contribution in [2.45, 2.75) is 6.61 Å². The summed E-state index contributed by atoms with van der Waals surface area (Å²) in [5.74, 6) is -1.43. The molecule has 0 saturated heterocycles. The molecule has 0 fully saturated rings. The molecule has 0 heterocycles. The number of carbonyl (C=O) groups is 1. The van der Waals surface area contributed by atoms with Crippen molar-refractivity contribution in [1.82, 2.24) is 0 Å². The van der Waals surface area contributed by atoms with Gasteiger partial charge >= 0.3 is 5.97 Å². The number of carboxylic acid groups (broad SMARTS) is 1. The van der Waals surface area contributed by atoms with Crippen LogP contribution < -0.4 is 4.74 Å². The predicted octanol–water partition coefficient (Wildman–Crippen LogP) is 3.63. The maximum Gasteiger partial charge on any atom is 0.346 e. The van der Waals surface area contributed by atoms with Crippen LogP contribution in [0.1, 0.15) is 15.9 Å².